The first-order chi connectivity index (χ1) is 6.57. The molecule has 0 aromatic rings. The molecule has 0 saturated carbocycles. The molecule has 82 valence electrons. The molecule has 6 heteroatoms. The molecule has 0 aliphatic rings. The monoisotopic (exact) mass is 220 g/mol. The number of hydrogen-bond donors (Lipinski definition) is 3. The van der Waals surface area contributed by atoms with Crippen LogP contribution in [0, 0.1) is 0 Å². The van der Waals surface area contributed by atoms with E-state index in [1.807, 2.05) is 6.26 Å². The Labute approximate surface area is 87.4 Å². The highest BCUT2D eigenvalue weighted by Gasteiger charge is 2.15. The van der Waals surface area contributed by atoms with Crippen molar-refractivity contribution in [3.63, 3.8) is 0 Å². The molecule has 4 N–H and O–H groups in total. The molecule has 0 aromatic heterocycles. The molecule has 0 aliphatic heterocycles. The van der Waals surface area contributed by atoms with Gasteiger partial charge in [0.05, 0.1) is 12.5 Å². The maximum atomic E-state index is 11.1. The lowest BCUT2D eigenvalue weighted by Crippen LogP contribution is -2.42. The van der Waals surface area contributed by atoms with Gasteiger partial charge in [-0.2, -0.15) is 11.8 Å². The molecule has 1 amide bonds. The van der Waals surface area contributed by atoms with Crippen LogP contribution in [0.3, 0.4) is 0 Å². The van der Waals surface area contributed by atoms with Crippen LogP contribution in [0.2, 0.25) is 0 Å². The summed E-state index contributed by atoms with van der Waals surface area (Å²) in [5.41, 5.74) is 5.33. The van der Waals surface area contributed by atoms with Gasteiger partial charge < -0.3 is 16.2 Å². The summed E-state index contributed by atoms with van der Waals surface area (Å²) in [5, 5.41) is 11.0. The van der Waals surface area contributed by atoms with Gasteiger partial charge in [-0.15, -0.1) is 0 Å². The van der Waals surface area contributed by atoms with Crippen LogP contribution in [0.5, 0.6) is 0 Å². The first-order valence-corrected chi connectivity index (χ1v) is 5.71. The van der Waals surface area contributed by atoms with Crippen LogP contribution in [-0.4, -0.2) is 41.6 Å². The summed E-state index contributed by atoms with van der Waals surface area (Å²) in [6.45, 7) is 0.549. The van der Waals surface area contributed by atoms with E-state index < -0.39 is 17.9 Å². The second-order valence-electron chi connectivity index (χ2n) is 2.84. The number of aliphatic carboxylic acids is 1. The Hall–Kier alpha value is -0.750. The molecule has 0 aromatic carbocycles. The molecule has 5 nitrogen and oxygen atoms in total. The van der Waals surface area contributed by atoms with E-state index in [9.17, 15) is 9.59 Å². The minimum atomic E-state index is -1.06. The smallest absolute Gasteiger partial charge is 0.305 e. The Morgan fingerprint density at radius 1 is 1.57 bits per heavy atom. The molecule has 1 atom stereocenters. The second kappa shape index (κ2) is 7.64. The fraction of sp³-hybridized carbons (Fsp3) is 0.750. The van der Waals surface area contributed by atoms with E-state index in [4.69, 9.17) is 10.8 Å². The van der Waals surface area contributed by atoms with Crippen molar-refractivity contribution in [2.24, 2.45) is 5.73 Å². The molecule has 0 spiro atoms. The van der Waals surface area contributed by atoms with Crippen molar-refractivity contribution in [1.82, 2.24) is 5.32 Å². The Morgan fingerprint density at radius 2 is 2.21 bits per heavy atom. The Balaban J connectivity index is 3.57. The standard InChI is InChI=1S/C8H16N2O3S/c1-14-4-2-3-10-8(13)6(9)5-7(11)12/h6H,2-5,9H2,1H3,(H,10,13)(H,11,12). The van der Waals surface area contributed by atoms with E-state index in [1.54, 1.807) is 11.8 Å². The van der Waals surface area contributed by atoms with Gasteiger partial charge in [-0.1, -0.05) is 0 Å². The second-order valence-corrected chi connectivity index (χ2v) is 3.83. The van der Waals surface area contributed by atoms with Gasteiger partial charge in [0.15, 0.2) is 0 Å². The van der Waals surface area contributed by atoms with Crippen LogP contribution in [-0.2, 0) is 9.59 Å². The van der Waals surface area contributed by atoms with Crippen LogP contribution in [0.25, 0.3) is 0 Å². The molecular formula is C8H16N2O3S. The van der Waals surface area contributed by atoms with Gasteiger partial charge in [-0.3, -0.25) is 9.59 Å². The molecule has 0 saturated heterocycles. The zero-order chi connectivity index (χ0) is 11.0. The predicted octanol–water partition coefficient (Wildman–Crippen LogP) is -0.342. The van der Waals surface area contributed by atoms with E-state index in [0.29, 0.717) is 6.54 Å². The SMILES string of the molecule is CSCCCNC(=O)C(N)CC(=O)O. The third-order valence-corrected chi connectivity index (χ3v) is 2.25. The Morgan fingerprint density at radius 3 is 2.71 bits per heavy atom. The third kappa shape index (κ3) is 6.73. The summed E-state index contributed by atoms with van der Waals surface area (Å²) in [7, 11) is 0. The lowest BCUT2D eigenvalue weighted by molar-refractivity contribution is -0.139. The molecular weight excluding hydrogens is 204 g/mol. The van der Waals surface area contributed by atoms with Crippen LogP contribution in [0.1, 0.15) is 12.8 Å². The fourth-order valence-electron chi connectivity index (χ4n) is 0.840. The molecule has 0 aliphatic carbocycles. The van der Waals surface area contributed by atoms with Crippen molar-refractivity contribution < 1.29 is 14.7 Å². The predicted molar refractivity (Wildman–Crippen MR) is 56.2 cm³/mol. The first kappa shape index (κ1) is 13.2. The van der Waals surface area contributed by atoms with Crippen LogP contribution < -0.4 is 11.1 Å². The van der Waals surface area contributed by atoms with Gasteiger partial charge in [0.25, 0.3) is 0 Å². The van der Waals surface area contributed by atoms with Crippen LogP contribution in [0.4, 0.5) is 0 Å². The molecule has 0 fully saturated rings. The van der Waals surface area contributed by atoms with Gasteiger partial charge in [-0.25, -0.2) is 0 Å². The molecule has 14 heavy (non-hydrogen) atoms. The average Bonchev–Trinajstić information content (AvgIpc) is 2.11. The Kier molecular flexibility index (Phi) is 7.23. The number of carbonyl (C=O) groups is 2. The molecule has 0 rings (SSSR count). The largest absolute Gasteiger partial charge is 0.481 e. The molecule has 1 unspecified atom stereocenters. The lowest BCUT2D eigenvalue weighted by Gasteiger charge is -2.09. The zero-order valence-electron chi connectivity index (χ0n) is 8.16. The number of carbonyl (C=O) groups excluding carboxylic acids is 1. The van der Waals surface area contributed by atoms with Gasteiger partial charge >= 0.3 is 5.97 Å². The topological polar surface area (TPSA) is 92.4 Å². The summed E-state index contributed by atoms with van der Waals surface area (Å²) >= 11 is 1.70. The number of rotatable bonds is 7. The summed E-state index contributed by atoms with van der Waals surface area (Å²) in [4.78, 5) is 21.4. The van der Waals surface area contributed by atoms with Crippen LogP contribution >= 0.6 is 11.8 Å². The van der Waals surface area contributed by atoms with Crippen molar-refractivity contribution in [2.75, 3.05) is 18.6 Å². The number of thioether (sulfide) groups is 1. The maximum Gasteiger partial charge on any atom is 0.305 e. The van der Waals surface area contributed by atoms with Crippen LogP contribution in [0.15, 0.2) is 0 Å². The number of nitrogens with one attached hydrogen (secondary N) is 1. The lowest BCUT2D eigenvalue weighted by atomic mass is 10.2. The summed E-state index contributed by atoms with van der Waals surface area (Å²) in [6, 6.07) is -0.943. The number of amides is 1. The van der Waals surface area contributed by atoms with Gasteiger partial charge in [0.2, 0.25) is 5.91 Å². The van der Waals surface area contributed by atoms with E-state index in [1.165, 1.54) is 0 Å². The molecule has 0 heterocycles. The summed E-state index contributed by atoms with van der Waals surface area (Å²) in [5.74, 6) is -0.487. The van der Waals surface area contributed by atoms with Crippen molar-refractivity contribution in [1.29, 1.82) is 0 Å². The van der Waals surface area contributed by atoms with E-state index in [-0.39, 0.29) is 6.42 Å². The van der Waals surface area contributed by atoms with Gasteiger partial charge in [-0.05, 0) is 18.4 Å². The van der Waals surface area contributed by atoms with Crippen molar-refractivity contribution in [2.45, 2.75) is 18.9 Å². The average molecular weight is 220 g/mol. The van der Waals surface area contributed by atoms with E-state index >= 15 is 0 Å². The van der Waals surface area contributed by atoms with Gasteiger partial charge in [0, 0.05) is 6.54 Å². The number of hydrogen-bond acceptors (Lipinski definition) is 4. The minimum Gasteiger partial charge on any atom is -0.481 e. The quantitative estimate of drug-likeness (QED) is 0.510. The summed E-state index contributed by atoms with van der Waals surface area (Å²) in [6.07, 6.45) is 2.53. The molecule has 0 radical (unpaired) electrons. The first-order valence-electron chi connectivity index (χ1n) is 4.32. The fourth-order valence-corrected chi connectivity index (χ4v) is 1.27. The Bertz CT molecular complexity index is 199. The maximum absolute atomic E-state index is 11.1. The highest BCUT2D eigenvalue weighted by atomic mass is 32.2. The van der Waals surface area contributed by atoms with E-state index in [0.717, 1.165) is 12.2 Å². The zero-order valence-corrected chi connectivity index (χ0v) is 8.97. The molecule has 0 bridgehead atoms. The van der Waals surface area contributed by atoms with Crippen molar-refractivity contribution in [3.05, 3.63) is 0 Å². The minimum absolute atomic E-state index is 0.325. The summed E-state index contributed by atoms with van der Waals surface area (Å²) < 4.78 is 0. The highest BCUT2D eigenvalue weighted by Crippen LogP contribution is 1.94. The highest BCUT2D eigenvalue weighted by molar-refractivity contribution is 7.98. The number of nitrogens with two attached hydrogens (primary N) is 1. The third-order valence-electron chi connectivity index (χ3n) is 1.56. The van der Waals surface area contributed by atoms with Gasteiger partial charge in [0.1, 0.15) is 0 Å². The van der Waals surface area contributed by atoms with Crippen molar-refractivity contribution >= 4 is 23.6 Å². The van der Waals surface area contributed by atoms with Crippen molar-refractivity contribution in [3.8, 4) is 0 Å². The number of carboxylic acids is 1. The van der Waals surface area contributed by atoms with E-state index in [2.05, 4.69) is 5.32 Å². The normalized spacial score (nSPS) is 12.1. The number of carboxylic acid groups (broad SMARTS) is 1.